The van der Waals surface area contributed by atoms with Crippen LogP contribution in [0.3, 0.4) is 0 Å². The topological polar surface area (TPSA) is 64.3 Å². The Morgan fingerprint density at radius 3 is 2.81 bits per heavy atom. The van der Waals surface area contributed by atoms with Crippen LogP contribution in [0.15, 0.2) is 46.9 Å². The summed E-state index contributed by atoms with van der Waals surface area (Å²) >= 11 is 3.44. The molecule has 5 heteroatoms. The van der Waals surface area contributed by atoms with Gasteiger partial charge in [-0.1, -0.05) is 28.1 Å². The van der Waals surface area contributed by atoms with E-state index in [1.165, 1.54) is 0 Å². The van der Waals surface area contributed by atoms with E-state index in [1.54, 1.807) is 25.1 Å². The van der Waals surface area contributed by atoms with Crippen LogP contribution in [0.5, 0.6) is 0 Å². The molecule has 0 aliphatic heterocycles. The molecular formula is C16H17BrN2O2. The number of rotatable bonds is 5. The molecule has 2 aromatic carbocycles. The summed E-state index contributed by atoms with van der Waals surface area (Å²) in [5.74, 6) is -0.344. The first-order valence-electron chi connectivity index (χ1n) is 6.65. The van der Waals surface area contributed by atoms with Crippen molar-refractivity contribution in [3.8, 4) is 0 Å². The fourth-order valence-corrected chi connectivity index (χ4v) is 2.34. The highest BCUT2D eigenvalue weighted by atomic mass is 79.9. The van der Waals surface area contributed by atoms with E-state index in [2.05, 4.69) is 21.2 Å². The van der Waals surface area contributed by atoms with Crippen molar-refractivity contribution in [3.63, 3.8) is 0 Å². The van der Waals surface area contributed by atoms with Gasteiger partial charge in [0.15, 0.2) is 0 Å². The largest absolute Gasteiger partial charge is 0.462 e. The maximum absolute atomic E-state index is 11.7. The fourth-order valence-electron chi connectivity index (χ4n) is 1.89. The van der Waals surface area contributed by atoms with Crippen LogP contribution in [0.4, 0.5) is 11.4 Å². The Morgan fingerprint density at radius 1 is 1.29 bits per heavy atom. The lowest BCUT2D eigenvalue weighted by Gasteiger charge is -2.11. The van der Waals surface area contributed by atoms with Crippen molar-refractivity contribution in [2.45, 2.75) is 13.5 Å². The SMILES string of the molecule is CCOC(=O)c1ccc(N)c(NCc2cccc(Br)c2)c1. The first kappa shape index (κ1) is 15.4. The molecule has 0 fully saturated rings. The average molecular weight is 349 g/mol. The molecule has 0 spiro atoms. The van der Waals surface area contributed by atoms with Crippen molar-refractivity contribution in [1.29, 1.82) is 0 Å². The Balaban J connectivity index is 2.12. The Morgan fingerprint density at radius 2 is 2.10 bits per heavy atom. The van der Waals surface area contributed by atoms with Gasteiger partial charge in [-0.25, -0.2) is 4.79 Å². The normalized spacial score (nSPS) is 10.2. The molecular weight excluding hydrogens is 332 g/mol. The third-order valence-corrected chi connectivity index (χ3v) is 3.43. The number of nitrogens with one attached hydrogen (secondary N) is 1. The van der Waals surface area contributed by atoms with Crippen LogP contribution < -0.4 is 11.1 Å². The molecule has 2 rings (SSSR count). The van der Waals surface area contributed by atoms with Crippen molar-refractivity contribution >= 4 is 33.3 Å². The van der Waals surface area contributed by atoms with E-state index < -0.39 is 0 Å². The Kier molecular flexibility index (Phi) is 5.22. The van der Waals surface area contributed by atoms with Gasteiger partial charge in [0.1, 0.15) is 0 Å². The fraction of sp³-hybridized carbons (Fsp3) is 0.188. The highest BCUT2D eigenvalue weighted by molar-refractivity contribution is 9.10. The second kappa shape index (κ2) is 7.13. The summed E-state index contributed by atoms with van der Waals surface area (Å²) in [4.78, 5) is 11.7. The molecule has 0 atom stereocenters. The first-order chi connectivity index (χ1) is 10.1. The van der Waals surface area contributed by atoms with Crippen LogP contribution in [0, 0.1) is 0 Å². The van der Waals surface area contributed by atoms with Gasteiger partial charge in [-0.2, -0.15) is 0 Å². The van der Waals surface area contributed by atoms with Gasteiger partial charge in [-0.3, -0.25) is 0 Å². The maximum Gasteiger partial charge on any atom is 0.338 e. The first-order valence-corrected chi connectivity index (χ1v) is 7.44. The van der Waals surface area contributed by atoms with Crippen molar-refractivity contribution in [1.82, 2.24) is 0 Å². The number of hydrogen-bond acceptors (Lipinski definition) is 4. The van der Waals surface area contributed by atoms with E-state index in [0.29, 0.717) is 24.4 Å². The number of anilines is 2. The third kappa shape index (κ3) is 4.23. The van der Waals surface area contributed by atoms with Gasteiger partial charge in [0.25, 0.3) is 0 Å². The highest BCUT2D eigenvalue weighted by Gasteiger charge is 2.09. The summed E-state index contributed by atoms with van der Waals surface area (Å²) < 4.78 is 6.01. The Labute approximate surface area is 132 Å². The number of hydrogen-bond donors (Lipinski definition) is 2. The predicted molar refractivity (Wildman–Crippen MR) is 88.3 cm³/mol. The lowest BCUT2D eigenvalue weighted by atomic mass is 10.1. The second-order valence-corrected chi connectivity index (χ2v) is 5.42. The summed E-state index contributed by atoms with van der Waals surface area (Å²) in [7, 11) is 0. The summed E-state index contributed by atoms with van der Waals surface area (Å²) in [5.41, 5.74) is 8.86. The van der Waals surface area contributed by atoms with Gasteiger partial charge >= 0.3 is 5.97 Å². The van der Waals surface area contributed by atoms with Gasteiger partial charge in [-0.05, 0) is 42.8 Å². The number of nitrogen functional groups attached to an aromatic ring is 1. The number of ether oxygens (including phenoxy) is 1. The molecule has 21 heavy (non-hydrogen) atoms. The van der Waals surface area contributed by atoms with Crippen LogP contribution in [-0.4, -0.2) is 12.6 Å². The minimum atomic E-state index is -0.344. The van der Waals surface area contributed by atoms with E-state index >= 15 is 0 Å². The molecule has 3 N–H and O–H groups in total. The van der Waals surface area contributed by atoms with Crippen molar-refractivity contribution in [3.05, 3.63) is 58.1 Å². The smallest absolute Gasteiger partial charge is 0.338 e. The molecule has 0 aromatic heterocycles. The molecule has 4 nitrogen and oxygen atoms in total. The van der Waals surface area contributed by atoms with E-state index in [1.807, 2.05) is 24.3 Å². The number of nitrogens with two attached hydrogens (primary N) is 1. The van der Waals surface area contributed by atoms with Crippen LogP contribution in [0.25, 0.3) is 0 Å². The summed E-state index contributed by atoms with van der Waals surface area (Å²) in [6.45, 7) is 2.75. The molecule has 0 unspecified atom stereocenters. The van der Waals surface area contributed by atoms with Crippen LogP contribution in [0.1, 0.15) is 22.8 Å². The van der Waals surface area contributed by atoms with E-state index in [0.717, 1.165) is 15.7 Å². The Hall–Kier alpha value is -2.01. The zero-order valence-corrected chi connectivity index (χ0v) is 13.3. The van der Waals surface area contributed by atoms with Crippen LogP contribution in [-0.2, 0) is 11.3 Å². The van der Waals surface area contributed by atoms with E-state index in [-0.39, 0.29) is 5.97 Å². The summed E-state index contributed by atoms with van der Waals surface area (Å²) in [5, 5.41) is 3.24. The minimum absolute atomic E-state index is 0.344. The molecule has 0 aliphatic rings. The Bertz CT molecular complexity index is 644. The number of carbonyl (C=O) groups excluding carboxylic acids is 1. The van der Waals surface area contributed by atoms with E-state index in [9.17, 15) is 4.79 Å². The number of benzene rings is 2. The van der Waals surface area contributed by atoms with Crippen LogP contribution in [0.2, 0.25) is 0 Å². The lowest BCUT2D eigenvalue weighted by molar-refractivity contribution is 0.0526. The lowest BCUT2D eigenvalue weighted by Crippen LogP contribution is -2.07. The van der Waals surface area contributed by atoms with Gasteiger partial charge in [0, 0.05) is 11.0 Å². The standard InChI is InChI=1S/C16H17BrN2O2/c1-2-21-16(20)12-6-7-14(18)15(9-12)19-10-11-4-3-5-13(17)8-11/h3-9,19H,2,10,18H2,1H3. The second-order valence-electron chi connectivity index (χ2n) is 4.51. The van der Waals surface area contributed by atoms with Crippen molar-refractivity contribution < 1.29 is 9.53 Å². The van der Waals surface area contributed by atoms with Gasteiger partial charge < -0.3 is 15.8 Å². The quantitative estimate of drug-likeness (QED) is 0.636. The average Bonchev–Trinajstić information content (AvgIpc) is 2.46. The van der Waals surface area contributed by atoms with Crippen LogP contribution >= 0.6 is 15.9 Å². The maximum atomic E-state index is 11.7. The van der Waals surface area contributed by atoms with Crippen molar-refractivity contribution in [2.75, 3.05) is 17.7 Å². The molecule has 0 aliphatic carbocycles. The number of carbonyl (C=O) groups is 1. The van der Waals surface area contributed by atoms with Gasteiger partial charge in [0.2, 0.25) is 0 Å². The molecule has 110 valence electrons. The zero-order chi connectivity index (χ0) is 15.2. The third-order valence-electron chi connectivity index (χ3n) is 2.94. The molecule has 0 saturated heterocycles. The molecule has 0 amide bonds. The van der Waals surface area contributed by atoms with E-state index in [4.69, 9.17) is 10.5 Å². The molecule has 0 bridgehead atoms. The zero-order valence-electron chi connectivity index (χ0n) is 11.7. The van der Waals surface area contributed by atoms with Gasteiger partial charge in [0.05, 0.1) is 23.5 Å². The minimum Gasteiger partial charge on any atom is -0.462 e. The molecule has 0 radical (unpaired) electrons. The number of esters is 1. The predicted octanol–water partition coefficient (Wildman–Crippen LogP) is 3.82. The highest BCUT2D eigenvalue weighted by Crippen LogP contribution is 2.22. The monoisotopic (exact) mass is 348 g/mol. The number of halogens is 1. The van der Waals surface area contributed by atoms with Gasteiger partial charge in [-0.15, -0.1) is 0 Å². The molecule has 0 saturated carbocycles. The molecule has 0 heterocycles. The summed E-state index contributed by atoms with van der Waals surface area (Å²) in [6, 6.07) is 13.1. The van der Waals surface area contributed by atoms with Crippen molar-refractivity contribution in [2.24, 2.45) is 0 Å². The summed E-state index contributed by atoms with van der Waals surface area (Å²) in [6.07, 6.45) is 0. The molecule has 2 aromatic rings.